The molecule has 0 aliphatic carbocycles. The molecule has 0 radical (unpaired) electrons. The number of likely N-dealkylation sites (tertiary alicyclic amines) is 1. The lowest BCUT2D eigenvalue weighted by atomic mass is 9.87. The van der Waals surface area contributed by atoms with Gasteiger partial charge in [0.1, 0.15) is 11.5 Å². The average Bonchev–Trinajstić information content (AvgIpc) is 3.24. The molecule has 6 heteroatoms. The number of carbonyl (C=O) groups excluding carboxylic acids is 2. The number of hydrogen-bond donors (Lipinski definition) is 1. The molecule has 1 heterocycles. The zero-order chi connectivity index (χ0) is 21.5. The van der Waals surface area contributed by atoms with Gasteiger partial charge in [-0.15, -0.1) is 0 Å². The van der Waals surface area contributed by atoms with Crippen molar-refractivity contribution in [3.05, 3.63) is 59.7 Å². The molecule has 2 atom stereocenters. The van der Waals surface area contributed by atoms with E-state index in [1.807, 2.05) is 36.4 Å². The molecule has 2 amide bonds. The van der Waals surface area contributed by atoms with Crippen LogP contribution in [0.4, 0.5) is 0 Å². The molecule has 0 bridgehead atoms. The summed E-state index contributed by atoms with van der Waals surface area (Å²) >= 11 is 0. The largest absolute Gasteiger partial charge is 0.497 e. The molecule has 1 N–H and O–H groups in total. The SMILES string of the molecule is CCCCNC(=O)[C@@H]1CN(C(=O)c2ccccc2)C[C@@H]1c1ccc(OC)cc1OC. The Morgan fingerprint density at radius 3 is 2.50 bits per heavy atom. The predicted molar refractivity (Wildman–Crippen MR) is 116 cm³/mol. The lowest BCUT2D eigenvalue weighted by Crippen LogP contribution is -2.36. The molecule has 3 rings (SSSR count). The lowest BCUT2D eigenvalue weighted by Gasteiger charge is -2.21. The van der Waals surface area contributed by atoms with E-state index in [9.17, 15) is 9.59 Å². The molecular formula is C24H30N2O4. The van der Waals surface area contributed by atoms with Gasteiger partial charge in [0.05, 0.1) is 20.1 Å². The summed E-state index contributed by atoms with van der Waals surface area (Å²) in [5.74, 6) is 0.790. The van der Waals surface area contributed by atoms with E-state index in [-0.39, 0.29) is 23.7 Å². The van der Waals surface area contributed by atoms with E-state index in [2.05, 4.69) is 12.2 Å². The predicted octanol–water partition coefficient (Wildman–Crippen LogP) is 3.48. The quantitative estimate of drug-likeness (QED) is 0.677. The highest BCUT2D eigenvalue weighted by atomic mass is 16.5. The van der Waals surface area contributed by atoms with Gasteiger partial charge in [-0.3, -0.25) is 9.59 Å². The van der Waals surface area contributed by atoms with Gasteiger partial charge in [-0.1, -0.05) is 37.6 Å². The van der Waals surface area contributed by atoms with Gasteiger partial charge in [-0.05, 0) is 24.6 Å². The van der Waals surface area contributed by atoms with Gasteiger partial charge in [0.25, 0.3) is 5.91 Å². The number of benzene rings is 2. The third-order valence-corrected chi connectivity index (χ3v) is 5.63. The summed E-state index contributed by atoms with van der Waals surface area (Å²) in [5.41, 5.74) is 1.54. The van der Waals surface area contributed by atoms with E-state index in [1.165, 1.54) is 0 Å². The van der Waals surface area contributed by atoms with Crippen LogP contribution in [-0.2, 0) is 4.79 Å². The van der Waals surface area contributed by atoms with E-state index < -0.39 is 0 Å². The molecule has 0 spiro atoms. The van der Waals surface area contributed by atoms with Crippen LogP contribution in [0.5, 0.6) is 11.5 Å². The van der Waals surface area contributed by atoms with Gasteiger partial charge in [0.2, 0.25) is 5.91 Å². The third kappa shape index (κ3) is 4.75. The summed E-state index contributed by atoms with van der Waals surface area (Å²) in [6.45, 7) is 3.58. The Bertz CT molecular complexity index is 869. The van der Waals surface area contributed by atoms with Crippen molar-refractivity contribution in [2.24, 2.45) is 5.92 Å². The van der Waals surface area contributed by atoms with Crippen LogP contribution >= 0.6 is 0 Å². The number of unbranched alkanes of at least 4 members (excludes halogenated alkanes) is 1. The van der Waals surface area contributed by atoms with Crippen LogP contribution < -0.4 is 14.8 Å². The van der Waals surface area contributed by atoms with Crippen LogP contribution in [0, 0.1) is 5.92 Å². The molecule has 1 aliphatic rings. The third-order valence-electron chi connectivity index (χ3n) is 5.63. The normalized spacial score (nSPS) is 18.2. The number of nitrogens with one attached hydrogen (secondary N) is 1. The zero-order valence-corrected chi connectivity index (χ0v) is 17.9. The second kappa shape index (κ2) is 10.1. The van der Waals surface area contributed by atoms with Crippen LogP contribution in [0.2, 0.25) is 0 Å². The number of carbonyl (C=O) groups is 2. The topological polar surface area (TPSA) is 67.9 Å². The minimum atomic E-state index is -0.336. The highest BCUT2D eigenvalue weighted by Gasteiger charge is 2.41. The van der Waals surface area contributed by atoms with E-state index in [4.69, 9.17) is 9.47 Å². The van der Waals surface area contributed by atoms with Crippen LogP contribution in [0.25, 0.3) is 0 Å². The molecule has 1 saturated heterocycles. The maximum atomic E-state index is 13.1. The number of amides is 2. The summed E-state index contributed by atoms with van der Waals surface area (Å²) in [7, 11) is 3.21. The molecule has 0 unspecified atom stereocenters. The number of rotatable bonds is 8. The van der Waals surface area contributed by atoms with Crippen molar-refractivity contribution >= 4 is 11.8 Å². The average molecular weight is 411 g/mol. The van der Waals surface area contributed by atoms with Crippen molar-refractivity contribution in [3.63, 3.8) is 0 Å². The summed E-state index contributed by atoms with van der Waals surface area (Å²) in [4.78, 5) is 27.8. The zero-order valence-electron chi connectivity index (χ0n) is 17.9. The number of hydrogen-bond acceptors (Lipinski definition) is 4. The first kappa shape index (κ1) is 21.7. The molecule has 2 aromatic rings. The van der Waals surface area contributed by atoms with Gasteiger partial charge in [0, 0.05) is 42.7 Å². The van der Waals surface area contributed by atoms with Crippen molar-refractivity contribution in [2.45, 2.75) is 25.7 Å². The van der Waals surface area contributed by atoms with Gasteiger partial charge in [0.15, 0.2) is 0 Å². The van der Waals surface area contributed by atoms with Crippen molar-refractivity contribution in [1.82, 2.24) is 10.2 Å². The van der Waals surface area contributed by atoms with Crippen molar-refractivity contribution in [1.29, 1.82) is 0 Å². The van der Waals surface area contributed by atoms with Crippen molar-refractivity contribution < 1.29 is 19.1 Å². The van der Waals surface area contributed by atoms with Crippen molar-refractivity contribution in [3.8, 4) is 11.5 Å². The van der Waals surface area contributed by atoms with Crippen molar-refractivity contribution in [2.75, 3.05) is 33.9 Å². The van der Waals surface area contributed by atoms with Crippen LogP contribution in [0.1, 0.15) is 41.6 Å². The molecule has 160 valence electrons. The number of methoxy groups -OCH3 is 2. The number of ether oxygens (including phenoxy) is 2. The van der Waals surface area contributed by atoms with Gasteiger partial charge in [-0.2, -0.15) is 0 Å². The molecule has 2 aromatic carbocycles. The summed E-state index contributed by atoms with van der Waals surface area (Å²) in [6, 6.07) is 14.8. The molecule has 1 fully saturated rings. The molecule has 30 heavy (non-hydrogen) atoms. The maximum Gasteiger partial charge on any atom is 0.253 e. The molecule has 0 aromatic heterocycles. The van der Waals surface area contributed by atoms with E-state index in [0.717, 1.165) is 18.4 Å². The van der Waals surface area contributed by atoms with Crippen LogP contribution in [0.15, 0.2) is 48.5 Å². The lowest BCUT2D eigenvalue weighted by molar-refractivity contribution is -0.124. The first-order chi connectivity index (χ1) is 14.6. The van der Waals surface area contributed by atoms with E-state index >= 15 is 0 Å². The standard InChI is InChI=1S/C24H30N2O4/c1-4-5-13-25-23(27)21-16-26(24(28)17-9-7-6-8-10-17)15-20(21)19-12-11-18(29-2)14-22(19)30-3/h6-12,14,20-21H,4-5,13,15-16H2,1-3H3,(H,25,27)/t20-,21-/m1/s1. The Hall–Kier alpha value is -3.02. The summed E-state index contributed by atoms with van der Waals surface area (Å²) in [6.07, 6.45) is 1.95. The highest BCUT2D eigenvalue weighted by Crippen LogP contribution is 2.39. The maximum absolute atomic E-state index is 13.1. The summed E-state index contributed by atoms with van der Waals surface area (Å²) < 4.78 is 10.9. The number of nitrogens with zero attached hydrogens (tertiary/aromatic N) is 1. The minimum Gasteiger partial charge on any atom is -0.497 e. The first-order valence-corrected chi connectivity index (χ1v) is 10.4. The monoisotopic (exact) mass is 410 g/mol. The second-order valence-corrected chi connectivity index (χ2v) is 7.54. The highest BCUT2D eigenvalue weighted by molar-refractivity contribution is 5.95. The fraction of sp³-hybridized carbons (Fsp3) is 0.417. The molecule has 6 nitrogen and oxygen atoms in total. The Morgan fingerprint density at radius 2 is 1.83 bits per heavy atom. The van der Waals surface area contributed by atoms with Gasteiger partial charge < -0.3 is 19.7 Å². The van der Waals surface area contributed by atoms with Crippen LogP contribution in [-0.4, -0.2) is 50.6 Å². The Kier molecular flexibility index (Phi) is 7.33. The Balaban J connectivity index is 1.89. The second-order valence-electron chi connectivity index (χ2n) is 7.54. The first-order valence-electron chi connectivity index (χ1n) is 10.4. The summed E-state index contributed by atoms with van der Waals surface area (Å²) in [5, 5.41) is 3.04. The fourth-order valence-electron chi connectivity index (χ4n) is 3.96. The van der Waals surface area contributed by atoms with Gasteiger partial charge >= 0.3 is 0 Å². The Labute approximate surface area is 178 Å². The smallest absolute Gasteiger partial charge is 0.253 e. The minimum absolute atomic E-state index is 0.0188. The fourth-order valence-corrected chi connectivity index (χ4v) is 3.96. The Morgan fingerprint density at radius 1 is 1.07 bits per heavy atom. The van der Waals surface area contributed by atoms with Gasteiger partial charge in [-0.25, -0.2) is 0 Å². The molecule has 0 saturated carbocycles. The molecule has 1 aliphatic heterocycles. The molecular weight excluding hydrogens is 380 g/mol. The van der Waals surface area contributed by atoms with Crippen LogP contribution in [0.3, 0.4) is 0 Å². The van der Waals surface area contributed by atoms with E-state index in [0.29, 0.717) is 36.7 Å². The van der Waals surface area contributed by atoms with E-state index in [1.54, 1.807) is 31.3 Å².